The fraction of sp³-hybridized carbons (Fsp3) is 0.308. The van der Waals surface area contributed by atoms with Gasteiger partial charge in [-0.25, -0.2) is 4.98 Å². The van der Waals surface area contributed by atoms with Crippen molar-refractivity contribution in [1.82, 2.24) is 9.55 Å². The van der Waals surface area contributed by atoms with E-state index >= 15 is 0 Å². The molecule has 0 saturated carbocycles. The average molecular weight is 266 g/mol. The van der Waals surface area contributed by atoms with Gasteiger partial charge in [-0.3, -0.25) is 0 Å². The zero-order chi connectivity index (χ0) is 13.0. The fourth-order valence-corrected chi connectivity index (χ4v) is 1.79. The highest BCUT2D eigenvalue weighted by Gasteiger charge is 2.03. The molecule has 0 bridgehead atoms. The summed E-state index contributed by atoms with van der Waals surface area (Å²) in [5, 5.41) is 12.5. The van der Waals surface area contributed by atoms with Gasteiger partial charge in [0.1, 0.15) is 0 Å². The fourth-order valence-electron chi connectivity index (χ4n) is 1.68. The van der Waals surface area contributed by atoms with E-state index in [0.717, 1.165) is 16.9 Å². The van der Waals surface area contributed by atoms with Gasteiger partial charge in [0.15, 0.2) is 0 Å². The van der Waals surface area contributed by atoms with Crippen molar-refractivity contribution in [3.05, 3.63) is 36.8 Å². The number of nitrogens with one attached hydrogen (secondary N) is 1. The van der Waals surface area contributed by atoms with E-state index in [0.29, 0.717) is 6.54 Å². The lowest BCUT2D eigenvalue weighted by Gasteiger charge is -2.10. The van der Waals surface area contributed by atoms with E-state index < -0.39 is 6.10 Å². The van der Waals surface area contributed by atoms with E-state index in [1.807, 2.05) is 42.1 Å². The molecule has 0 aliphatic carbocycles. The first-order valence-electron chi connectivity index (χ1n) is 5.75. The smallest absolute Gasteiger partial charge is 0.0948 e. The zero-order valence-corrected chi connectivity index (χ0v) is 10.9. The van der Waals surface area contributed by atoms with Gasteiger partial charge in [-0.2, -0.15) is 0 Å². The number of benzene rings is 1. The molecular weight excluding hydrogens is 250 g/mol. The minimum absolute atomic E-state index is 0.236. The Morgan fingerprint density at radius 2 is 2.11 bits per heavy atom. The predicted molar refractivity (Wildman–Crippen MR) is 73.9 cm³/mol. The van der Waals surface area contributed by atoms with E-state index in [1.54, 1.807) is 6.33 Å². The highest BCUT2D eigenvalue weighted by Crippen LogP contribution is 2.20. The number of rotatable bonds is 5. The normalized spacial score (nSPS) is 12.4. The van der Waals surface area contributed by atoms with Gasteiger partial charge in [0.05, 0.1) is 30.2 Å². The van der Waals surface area contributed by atoms with E-state index in [-0.39, 0.29) is 5.88 Å². The number of hydrogen-bond donors (Lipinski definition) is 2. The van der Waals surface area contributed by atoms with Crippen molar-refractivity contribution in [3.8, 4) is 11.3 Å². The van der Waals surface area contributed by atoms with Gasteiger partial charge >= 0.3 is 0 Å². The zero-order valence-electron chi connectivity index (χ0n) is 10.2. The van der Waals surface area contributed by atoms with Crippen LogP contribution in [0.2, 0.25) is 0 Å². The maximum absolute atomic E-state index is 9.35. The Balaban J connectivity index is 2.04. The lowest BCUT2D eigenvalue weighted by atomic mass is 10.1. The standard InChI is InChI=1S/C13H16ClN3O/c1-17-9-15-8-13(17)10-2-4-11(5-3-10)16-7-12(18)6-14/h2-5,8-9,12,16,18H,6-7H2,1H3. The van der Waals surface area contributed by atoms with Gasteiger partial charge in [-0.1, -0.05) is 12.1 Å². The number of alkyl halides is 1. The molecule has 96 valence electrons. The van der Waals surface area contributed by atoms with Crippen molar-refractivity contribution in [2.24, 2.45) is 7.05 Å². The molecule has 2 rings (SSSR count). The number of nitrogens with zero attached hydrogens (tertiary/aromatic N) is 2. The summed E-state index contributed by atoms with van der Waals surface area (Å²) in [7, 11) is 1.96. The number of anilines is 1. The quantitative estimate of drug-likeness (QED) is 0.814. The van der Waals surface area contributed by atoms with Gasteiger partial charge < -0.3 is 15.0 Å². The van der Waals surface area contributed by atoms with Crippen LogP contribution in [0.4, 0.5) is 5.69 Å². The maximum atomic E-state index is 9.35. The lowest BCUT2D eigenvalue weighted by molar-refractivity contribution is 0.211. The SMILES string of the molecule is Cn1cncc1-c1ccc(NCC(O)CCl)cc1. The number of hydrogen-bond acceptors (Lipinski definition) is 3. The van der Waals surface area contributed by atoms with Crippen molar-refractivity contribution in [3.63, 3.8) is 0 Å². The van der Waals surface area contributed by atoms with Gasteiger partial charge in [0, 0.05) is 19.3 Å². The summed E-state index contributed by atoms with van der Waals surface area (Å²) in [5.74, 6) is 0.236. The molecule has 2 aromatic rings. The Morgan fingerprint density at radius 3 is 2.67 bits per heavy atom. The predicted octanol–water partition coefficient (Wildman–Crippen LogP) is 2.10. The molecule has 1 atom stereocenters. The Kier molecular flexibility index (Phi) is 4.23. The first-order valence-corrected chi connectivity index (χ1v) is 6.29. The molecule has 0 aliphatic heterocycles. The topological polar surface area (TPSA) is 50.1 Å². The Hall–Kier alpha value is -1.52. The van der Waals surface area contributed by atoms with Crippen LogP contribution in [0.15, 0.2) is 36.8 Å². The second kappa shape index (κ2) is 5.89. The van der Waals surface area contributed by atoms with Crippen molar-refractivity contribution in [2.45, 2.75) is 6.10 Å². The van der Waals surface area contributed by atoms with Crippen molar-refractivity contribution < 1.29 is 5.11 Å². The Morgan fingerprint density at radius 1 is 1.39 bits per heavy atom. The van der Waals surface area contributed by atoms with E-state index in [4.69, 9.17) is 11.6 Å². The summed E-state index contributed by atoms with van der Waals surface area (Å²) in [6.07, 6.45) is 3.08. The second-order valence-corrected chi connectivity index (χ2v) is 4.46. The molecule has 4 nitrogen and oxygen atoms in total. The number of halogens is 1. The first kappa shape index (κ1) is 12.9. The second-order valence-electron chi connectivity index (χ2n) is 4.16. The number of aliphatic hydroxyl groups excluding tert-OH is 1. The lowest BCUT2D eigenvalue weighted by Crippen LogP contribution is -2.20. The molecule has 1 unspecified atom stereocenters. The molecule has 0 radical (unpaired) electrons. The highest BCUT2D eigenvalue weighted by atomic mass is 35.5. The van der Waals surface area contributed by atoms with Gasteiger partial charge in [-0.05, 0) is 17.7 Å². The molecule has 2 N–H and O–H groups in total. The largest absolute Gasteiger partial charge is 0.390 e. The van der Waals surface area contributed by atoms with Crippen LogP contribution in [0.3, 0.4) is 0 Å². The third-order valence-electron chi connectivity index (χ3n) is 2.72. The number of imidazole rings is 1. The van der Waals surface area contributed by atoms with Gasteiger partial charge in [0.25, 0.3) is 0 Å². The van der Waals surface area contributed by atoms with Gasteiger partial charge in [-0.15, -0.1) is 11.6 Å². The number of aromatic nitrogens is 2. The molecule has 1 aromatic heterocycles. The molecule has 0 spiro atoms. The van der Waals surface area contributed by atoms with Crippen LogP contribution < -0.4 is 5.32 Å². The van der Waals surface area contributed by atoms with Crippen LogP contribution in [0.25, 0.3) is 11.3 Å². The average Bonchev–Trinajstić information content (AvgIpc) is 2.83. The molecule has 0 amide bonds. The van der Waals surface area contributed by atoms with E-state index in [9.17, 15) is 5.11 Å². The first-order chi connectivity index (χ1) is 8.70. The van der Waals surface area contributed by atoms with Crippen LogP contribution in [0.1, 0.15) is 0 Å². The molecule has 1 heterocycles. The molecule has 0 saturated heterocycles. The third kappa shape index (κ3) is 3.03. The van der Waals surface area contributed by atoms with Crippen LogP contribution in [0.5, 0.6) is 0 Å². The number of aliphatic hydroxyl groups is 1. The minimum atomic E-state index is -0.525. The summed E-state index contributed by atoms with van der Waals surface area (Å²) >= 11 is 5.53. The molecular formula is C13H16ClN3O. The van der Waals surface area contributed by atoms with Crippen LogP contribution >= 0.6 is 11.6 Å². The van der Waals surface area contributed by atoms with E-state index in [2.05, 4.69) is 10.3 Å². The summed E-state index contributed by atoms with van der Waals surface area (Å²) in [5.41, 5.74) is 3.14. The summed E-state index contributed by atoms with van der Waals surface area (Å²) in [6, 6.07) is 7.99. The molecule has 5 heteroatoms. The van der Waals surface area contributed by atoms with Crippen LogP contribution in [-0.2, 0) is 7.05 Å². The molecule has 0 fully saturated rings. The summed E-state index contributed by atoms with van der Waals surface area (Å²) < 4.78 is 1.97. The molecule has 0 aliphatic rings. The molecule has 1 aromatic carbocycles. The minimum Gasteiger partial charge on any atom is -0.390 e. The van der Waals surface area contributed by atoms with Crippen molar-refractivity contribution in [1.29, 1.82) is 0 Å². The summed E-state index contributed by atoms with van der Waals surface area (Å²) in [4.78, 5) is 4.09. The van der Waals surface area contributed by atoms with Crippen LogP contribution in [-0.4, -0.2) is 33.2 Å². The Bertz CT molecular complexity index is 495. The van der Waals surface area contributed by atoms with Gasteiger partial charge in [0.2, 0.25) is 0 Å². The number of aryl methyl sites for hydroxylation is 1. The van der Waals surface area contributed by atoms with Crippen molar-refractivity contribution in [2.75, 3.05) is 17.7 Å². The van der Waals surface area contributed by atoms with Crippen molar-refractivity contribution >= 4 is 17.3 Å². The maximum Gasteiger partial charge on any atom is 0.0948 e. The molecule has 18 heavy (non-hydrogen) atoms. The van der Waals surface area contributed by atoms with Crippen LogP contribution in [0, 0.1) is 0 Å². The van der Waals surface area contributed by atoms with E-state index in [1.165, 1.54) is 0 Å². The Labute approximate surface area is 111 Å². The monoisotopic (exact) mass is 265 g/mol. The summed E-state index contributed by atoms with van der Waals surface area (Å²) in [6.45, 7) is 0.453. The highest BCUT2D eigenvalue weighted by molar-refractivity contribution is 6.18. The third-order valence-corrected chi connectivity index (χ3v) is 3.07.